The minimum atomic E-state index is 0.304. The van der Waals surface area contributed by atoms with Gasteiger partial charge < -0.3 is 10.1 Å². The van der Waals surface area contributed by atoms with Gasteiger partial charge in [-0.2, -0.15) is 0 Å². The van der Waals surface area contributed by atoms with E-state index in [1.807, 2.05) is 0 Å². The fourth-order valence-electron chi connectivity index (χ4n) is 3.58. The molecule has 0 bridgehead atoms. The van der Waals surface area contributed by atoms with Crippen molar-refractivity contribution in [2.24, 2.45) is 5.92 Å². The van der Waals surface area contributed by atoms with Gasteiger partial charge in [-0.1, -0.05) is 37.6 Å². The lowest BCUT2D eigenvalue weighted by atomic mass is 9.85. The maximum absolute atomic E-state index is 6.04. The molecule has 104 valence electrons. The van der Waals surface area contributed by atoms with Gasteiger partial charge in [0, 0.05) is 6.04 Å². The van der Waals surface area contributed by atoms with Gasteiger partial charge in [0.15, 0.2) is 0 Å². The number of nitrogens with one attached hydrogen (secondary N) is 1. The molecular weight excluding hydrogens is 234 g/mol. The Morgan fingerprint density at radius 3 is 3.11 bits per heavy atom. The number of benzene rings is 1. The summed E-state index contributed by atoms with van der Waals surface area (Å²) < 4.78 is 6.04. The van der Waals surface area contributed by atoms with Crippen LogP contribution in [-0.2, 0) is 11.2 Å². The lowest BCUT2D eigenvalue weighted by molar-refractivity contribution is 0.0253. The molecule has 1 aromatic rings. The summed E-state index contributed by atoms with van der Waals surface area (Å²) in [5, 5.41) is 3.68. The Kier molecular flexibility index (Phi) is 4.19. The van der Waals surface area contributed by atoms with Gasteiger partial charge in [-0.25, -0.2) is 0 Å². The SMILES string of the molecule is CCC1CCNC(CC2OCCc3ccccc32)C1. The first kappa shape index (κ1) is 13.1. The zero-order chi connectivity index (χ0) is 13.1. The highest BCUT2D eigenvalue weighted by Gasteiger charge is 2.27. The van der Waals surface area contributed by atoms with E-state index >= 15 is 0 Å². The third-order valence-corrected chi connectivity index (χ3v) is 4.77. The fourth-order valence-corrected chi connectivity index (χ4v) is 3.58. The molecular formula is C17H25NO. The van der Waals surface area contributed by atoms with Gasteiger partial charge >= 0.3 is 0 Å². The molecule has 3 unspecified atom stereocenters. The largest absolute Gasteiger partial charge is 0.373 e. The summed E-state index contributed by atoms with van der Waals surface area (Å²) >= 11 is 0. The summed E-state index contributed by atoms with van der Waals surface area (Å²) in [4.78, 5) is 0. The monoisotopic (exact) mass is 259 g/mol. The summed E-state index contributed by atoms with van der Waals surface area (Å²) in [6, 6.07) is 9.43. The van der Waals surface area contributed by atoms with Gasteiger partial charge in [0.05, 0.1) is 12.7 Å². The smallest absolute Gasteiger partial charge is 0.0842 e. The highest BCUT2D eigenvalue weighted by Crippen LogP contribution is 2.33. The second-order valence-electron chi connectivity index (χ2n) is 5.99. The molecule has 19 heavy (non-hydrogen) atoms. The van der Waals surface area contributed by atoms with E-state index in [4.69, 9.17) is 4.74 Å². The highest BCUT2D eigenvalue weighted by atomic mass is 16.5. The molecule has 0 amide bonds. The van der Waals surface area contributed by atoms with Crippen LogP contribution < -0.4 is 5.32 Å². The second kappa shape index (κ2) is 6.06. The maximum Gasteiger partial charge on any atom is 0.0842 e. The van der Waals surface area contributed by atoms with E-state index in [2.05, 4.69) is 36.5 Å². The van der Waals surface area contributed by atoms with Crippen molar-refractivity contribution < 1.29 is 4.74 Å². The first-order valence-electron chi connectivity index (χ1n) is 7.79. The molecule has 2 heterocycles. The number of hydrogen-bond donors (Lipinski definition) is 1. The van der Waals surface area contributed by atoms with E-state index < -0.39 is 0 Å². The summed E-state index contributed by atoms with van der Waals surface area (Å²) in [5.41, 5.74) is 2.91. The third-order valence-electron chi connectivity index (χ3n) is 4.77. The van der Waals surface area contributed by atoms with Gasteiger partial charge in [-0.15, -0.1) is 0 Å². The van der Waals surface area contributed by atoms with Gasteiger partial charge in [-0.3, -0.25) is 0 Å². The zero-order valence-electron chi connectivity index (χ0n) is 11.9. The Balaban J connectivity index is 1.67. The minimum Gasteiger partial charge on any atom is -0.373 e. The van der Waals surface area contributed by atoms with Crippen LogP contribution in [0.2, 0.25) is 0 Å². The van der Waals surface area contributed by atoms with Crippen LogP contribution in [0.5, 0.6) is 0 Å². The molecule has 0 saturated carbocycles. The van der Waals surface area contributed by atoms with Crippen molar-refractivity contribution in [1.82, 2.24) is 5.32 Å². The van der Waals surface area contributed by atoms with Crippen LogP contribution in [0.15, 0.2) is 24.3 Å². The molecule has 1 saturated heterocycles. The maximum atomic E-state index is 6.04. The second-order valence-corrected chi connectivity index (χ2v) is 5.99. The normalized spacial score (nSPS) is 30.9. The molecule has 3 rings (SSSR count). The van der Waals surface area contributed by atoms with E-state index in [0.717, 1.165) is 25.4 Å². The molecule has 2 heteroatoms. The van der Waals surface area contributed by atoms with E-state index in [9.17, 15) is 0 Å². The van der Waals surface area contributed by atoms with Crippen molar-refractivity contribution in [3.8, 4) is 0 Å². The van der Waals surface area contributed by atoms with E-state index in [1.165, 1.54) is 36.9 Å². The van der Waals surface area contributed by atoms with Crippen LogP contribution in [0.1, 0.15) is 49.8 Å². The topological polar surface area (TPSA) is 21.3 Å². The number of ether oxygens (including phenoxy) is 1. The molecule has 0 aliphatic carbocycles. The molecule has 2 aliphatic rings. The Hall–Kier alpha value is -0.860. The van der Waals surface area contributed by atoms with Crippen molar-refractivity contribution in [2.45, 2.75) is 51.2 Å². The summed E-state index contributed by atoms with van der Waals surface area (Å²) in [7, 11) is 0. The summed E-state index contributed by atoms with van der Waals surface area (Å²) in [5.74, 6) is 0.907. The van der Waals surface area contributed by atoms with Crippen LogP contribution in [0.4, 0.5) is 0 Å². The minimum absolute atomic E-state index is 0.304. The van der Waals surface area contributed by atoms with Gasteiger partial charge in [0.1, 0.15) is 0 Å². The fraction of sp³-hybridized carbons (Fsp3) is 0.647. The number of hydrogen-bond acceptors (Lipinski definition) is 2. The van der Waals surface area contributed by atoms with Crippen molar-refractivity contribution in [1.29, 1.82) is 0 Å². The van der Waals surface area contributed by atoms with Crippen molar-refractivity contribution in [3.05, 3.63) is 35.4 Å². The molecule has 2 aliphatic heterocycles. The molecule has 0 spiro atoms. The Bertz CT molecular complexity index is 417. The molecule has 0 radical (unpaired) electrons. The van der Waals surface area contributed by atoms with Crippen LogP contribution in [0, 0.1) is 5.92 Å². The van der Waals surface area contributed by atoms with Crippen LogP contribution in [0.25, 0.3) is 0 Å². The number of rotatable bonds is 3. The highest BCUT2D eigenvalue weighted by molar-refractivity contribution is 5.31. The lowest BCUT2D eigenvalue weighted by Gasteiger charge is -2.34. The molecule has 1 fully saturated rings. The van der Waals surface area contributed by atoms with E-state index in [-0.39, 0.29) is 0 Å². The lowest BCUT2D eigenvalue weighted by Crippen LogP contribution is -2.39. The zero-order valence-corrected chi connectivity index (χ0v) is 11.9. The van der Waals surface area contributed by atoms with Gasteiger partial charge in [-0.05, 0) is 49.3 Å². The first-order valence-corrected chi connectivity index (χ1v) is 7.79. The predicted octanol–water partition coefficient (Wildman–Crippen LogP) is 3.47. The van der Waals surface area contributed by atoms with Gasteiger partial charge in [0.2, 0.25) is 0 Å². The Labute approximate surface area is 116 Å². The summed E-state index contributed by atoms with van der Waals surface area (Å²) in [6.45, 7) is 4.38. The standard InChI is InChI=1S/C17H25NO/c1-2-13-7-9-18-15(11-13)12-17-16-6-4-3-5-14(16)8-10-19-17/h3-6,13,15,17-18H,2,7-12H2,1H3. The van der Waals surface area contributed by atoms with Crippen LogP contribution in [-0.4, -0.2) is 19.2 Å². The molecule has 3 atom stereocenters. The van der Waals surface area contributed by atoms with Crippen molar-refractivity contribution in [2.75, 3.05) is 13.2 Å². The molecule has 2 nitrogen and oxygen atoms in total. The van der Waals surface area contributed by atoms with E-state index in [1.54, 1.807) is 0 Å². The number of fused-ring (bicyclic) bond motifs is 1. The molecule has 1 aromatic carbocycles. The van der Waals surface area contributed by atoms with E-state index in [0.29, 0.717) is 12.1 Å². The quantitative estimate of drug-likeness (QED) is 0.897. The average molecular weight is 259 g/mol. The Morgan fingerprint density at radius 1 is 1.32 bits per heavy atom. The van der Waals surface area contributed by atoms with Gasteiger partial charge in [0.25, 0.3) is 0 Å². The predicted molar refractivity (Wildman–Crippen MR) is 78.3 cm³/mol. The van der Waals surface area contributed by atoms with Crippen molar-refractivity contribution >= 4 is 0 Å². The molecule has 0 aromatic heterocycles. The average Bonchev–Trinajstić information content (AvgIpc) is 2.48. The first-order chi connectivity index (χ1) is 9.36. The van der Waals surface area contributed by atoms with Crippen LogP contribution in [0.3, 0.4) is 0 Å². The third kappa shape index (κ3) is 3.01. The van der Waals surface area contributed by atoms with Crippen molar-refractivity contribution in [3.63, 3.8) is 0 Å². The summed E-state index contributed by atoms with van der Waals surface area (Å²) in [6.07, 6.45) is 6.49. The Morgan fingerprint density at radius 2 is 2.21 bits per heavy atom. The number of piperidine rings is 1. The molecule has 1 N–H and O–H groups in total. The van der Waals surface area contributed by atoms with Crippen LogP contribution >= 0.6 is 0 Å².